The van der Waals surface area contributed by atoms with Crippen LogP contribution in [-0.2, 0) is 11.3 Å². The summed E-state index contributed by atoms with van der Waals surface area (Å²) in [5, 5.41) is 8.18. The van der Waals surface area contributed by atoms with Gasteiger partial charge in [-0.25, -0.2) is 0 Å². The lowest BCUT2D eigenvalue weighted by Crippen LogP contribution is -2.15. The number of hydrogen-bond acceptors (Lipinski definition) is 6. The van der Waals surface area contributed by atoms with Crippen molar-refractivity contribution in [3.05, 3.63) is 9.95 Å². The maximum Gasteiger partial charge on any atom is 0.223 e. The molecule has 17 heavy (non-hydrogen) atoms. The lowest BCUT2D eigenvalue weighted by atomic mass is 10.4. The van der Waals surface area contributed by atoms with Crippen molar-refractivity contribution < 1.29 is 4.74 Å². The van der Waals surface area contributed by atoms with Gasteiger partial charge in [0.05, 0.1) is 0 Å². The maximum absolute atomic E-state index is 7.88. The number of rotatable bonds is 4. The van der Waals surface area contributed by atoms with Crippen LogP contribution in [-0.4, -0.2) is 28.3 Å². The van der Waals surface area contributed by atoms with Gasteiger partial charge in [0, 0.05) is 20.3 Å². The molecule has 2 heterocycles. The monoisotopic (exact) mass is 273 g/mol. The first kappa shape index (κ1) is 12.3. The highest BCUT2D eigenvalue weighted by atomic mass is 35.5. The number of hydrogen-bond donors (Lipinski definition) is 2. The smallest absolute Gasteiger partial charge is 0.223 e. The van der Waals surface area contributed by atoms with Gasteiger partial charge in [-0.15, -0.1) is 0 Å². The Bertz CT molecular complexity index is 593. The van der Waals surface area contributed by atoms with Crippen LogP contribution in [0.1, 0.15) is 6.42 Å². The fourth-order valence-corrected chi connectivity index (χ4v) is 2.67. The number of nitrogens with two attached hydrogens (primary N) is 1. The molecule has 0 amide bonds. The Kier molecular flexibility index (Phi) is 3.60. The molecule has 2 rings (SSSR count). The van der Waals surface area contributed by atoms with Crippen LogP contribution in [0.15, 0.2) is 0 Å². The predicted molar refractivity (Wildman–Crippen MR) is 67.2 cm³/mol. The van der Waals surface area contributed by atoms with E-state index in [1.807, 2.05) is 0 Å². The van der Waals surface area contributed by atoms with E-state index in [1.165, 1.54) is 11.3 Å². The van der Waals surface area contributed by atoms with Crippen molar-refractivity contribution in [3.63, 3.8) is 0 Å². The minimum atomic E-state index is 0.126. The molecule has 0 saturated carbocycles. The third-order valence-corrected chi connectivity index (χ3v) is 3.63. The number of nitrogens with zero attached hydrogens (tertiary/aromatic N) is 3. The van der Waals surface area contributed by atoms with Crippen molar-refractivity contribution in [2.75, 3.05) is 19.5 Å². The maximum atomic E-state index is 7.88. The van der Waals surface area contributed by atoms with Crippen LogP contribution in [0.4, 0.5) is 5.95 Å². The number of nitrogens with one attached hydrogen (secondary N) is 1. The fourth-order valence-electron chi connectivity index (χ4n) is 1.52. The molecular formula is C9H12ClN5OS. The summed E-state index contributed by atoms with van der Waals surface area (Å²) in [7, 11) is 1.65. The Morgan fingerprint density at radius 3 is 3.00 bits per heavy atom. The summed E-state index contributed by atoms with van der Waals surface area (Å²) in [6.45, 7) is 1.29. The zero-order valence-electron chi connectivity index (χ0n) is 9.23. The van der Waals surface area contributed by atoms with Gasteiger partial charge in [-0.05, 0) is 6.42 Å². The Morgan fingerprint density at radius 2 is 2.29 bits per heavy atom. The number of anilines is 1. The minimum absolute atomic E-state index is 0.126. The van der Waals surface area contributed by atoms with E-state index in [2.05, 4.69) is 9.97 Å². The van der Waals surface area contributed by atoms with E-state index in [9.17, 15) is 0 Å². The number of aryl methyl sites for hydroxylation is 1. The van der Waals surface area contributed by atoms with E-state index in [4.69, 9.17) is 27.5 Å². The van der Waals surface area contributed by atoms with Crippen LogP contribution in [0.5, 0.6) is 0 Å². The fraction of sp³-hybridized carbons (Fsp3) is 0.444. The second kappa shape index (κ2) is 4.99. The molecule has 0 aliphatic heterocycles. The standard InChI is InChI=1S/C9H12ClN5OS/c1-16-4-2-3-15-7-5(17-9(15)12)6(10)13-8(11)14-7/h12H,2-4H2,1H3,(H2,11,13,14). The summed E-state index contributed by atoms with van der Waals surface area (Å²) in [6, 6.07) is 0. The van der Waals surface area contributed by atoms with Crippen molar-refractivity contribution in [1.82, 2.24) is 14.5 Å². The molecule has 6 nitrogen and oxygen atoms in total. The summed E-state index contributed by atoms with van der Waals surface area (Å²) < 4.78 is 7.45. The van der Waals surface area contributed by atoms with Gasteiger partial charge in [0.1, 0.15) is 4.70 Å². The third kappa shape index (κ3) is 2.41. The number of ether oxygens (including phenoxy) is 1. The van der Waals surface area contributed by atoms with Gasteiger partial charge in [0.25, 0.3) is 0 Å². The number of halogens is 1. The van der Waals surface area contributed by atoms with Gasteiger partial charge >= 0.3 is 0 Å². The zero-order valence-corrected chi connectivity index (χ0v) is 10.8. The van der Waals surface area contributed by atoms with Crippen LogP contribution in [0.2, 0.25) is 5.15 Å². The van der Waals surface area contributed by atoms with Crippen molar-refractivity contribution in [2.24, 2.45) is 0 Å². The molecule has 0 bridgehead atoms. The lowest BCUT2D eigenvalue weighted by molar-refractivity contribution is 0.190. The summed E-state index contributed by atoms with van der Waals surface area (Å²) >= 11 is 7.22. The molecule has 0 aliphatic rings. The normalized spacial score (nSPS) is 11.2. The first-order valence-electron chi connectivity index (χ1n) is 4.99. The topological polar surface area (TPSA) is 89.8 Å². The van der Waals surface area contributed by atoms with Crippen molar-refractivity contribution >= 4 is 39.2 Å². The molecule has 0 unspecified atom stereocenters. The Hall–Kier alpha value is -1.18. The highest BCUT2D eigenvalue weighted by molar-refractivity contribution is 7.16. The molecule has 2 aromatic heterocycles. The van der Waals surface area contributed by atoms with E-state index in [0.717, 1.165) is 6.42 Å². The van der Waals surface area contributed by atoms with E-state index in [-0.39, 0.29) is 5.95 Å². The van der Waals surface area contributed by atoms with Crippen molar-refractivity contribution in [1.29, 1.82) is 5.41 Å². The average Bonchev–Trinajstić information content (AvgIpc) is 2.57. The van der Waals surface area contributed by atoms with Crippen LogP contribution in [0, 0.1) is 5.41 Å². The van der Waals surface area contributed by atoms with Crippen molar-refractivity contribution in [2.45, 2.75) is 13.0 Å². The average molecular weight is 274 g/mol. The second-order valence-corrected chi connectivity index (χ2v) is 4.79. The first-order valence-corrected chi connectivity index (χ1v) is 6.19. The molecule has 92 valence electrons. The highest BCUT2D eigenvalue weighted by Crippen LogP contribution is 2.23. The molecule has 0 saturated heterocycles. The Balaban J connectivity index is 2.47. The zero-order chi connectivity index (χ0) is 12.4. The number of aromatic nitrogens is 3. The molecule has 0 spiro atoms. The summed E-state index contributed by atoms with van der Waals surface area (Å²) in [6.07, 6.45) is 0.806. The molecule has 0 fully saturated rings. The molecule has 0 atom stereocenters. The molecule has 3 N–H and O–H groups in total. The second-order valence-electron chi connectivity index (χ2n) is 3.43. The van der Waals surface area contributed by atoms with Gasteiger partial charge in [0.2, 0.25) is 5.95 Å². The van der Waals surface area contributed by atoms with E-state index in [1.54, 1.807) is 11.7 Å². The van der Waals surface area contributed by atoms with E-state index < -0.39 is 0 Å². The van der Waals surface area contributed by atoms with Crippen LogP contribution >= 0.6 is 22.9 Å². The van der Waals surface area contributed by atoms with Crippen LogP contribution in [0.25, 0.3) is 10.3 Å². The van der Waals surface area contributed by atoms with Crippen molar-refractivity contribution in [3.8, 4) is 0 Å². The summed E-state index contributed by atoms with van der Waals surface area (Å²) in [5.74, 6) is 0.126. The first-order chi connectivity index (χ1) is 8.13. The summed E-state index contributed by atoms with van der Waals surface area (Å²) in [4.78, 5) is 8.39. The molecule has 2 aromatic rings. The molecule has 0 radical (unpaired) electrons. The quantitative estimate of drug-likeness (QED) is 0.648. The van der Waals surface area contributed by atoms with Gasteiger partial charge in [-0.2, -0.15) is 9.97 Å². The molecular weight excluding hydrogens is 262 g/mol. The highest BCUT2D eigenvalue weighted by Gasteiger charge is 2.12. The molecule has 0 aliphatic carbocycles. The molecule has 8 heteroatoms. The van der Waals surface area contributed by atoms with Gasteiger partial charge in [-0.3, -0.25) is 5.41 Å². The van der Waals surface area contributed by atoms with E-state index >= 15 is 0 Å². The largest absolute Gasteiger partial charge is 0.385 e. The number of nitrogen functional groups attached to an aromatic ring is 1. The van der Waals surface area contributed by atoms with Crippen LogP contribution in [0.3, 0.4) is 0 Å². The van der Waals surface area contributed by atoms with Gasteiger partial charge in [0.15, 0.2) is 15.6 Å². The van der Waals surface area contributed by atoms with Crippen LogP contribution < -0.4 is 10.5 Å². The predicted octanol–water partition coefficient (Wildman–Crippen LogP) is 1.24. The van der Waals surface area contributed by atoms with E-state index in [0.29, 0.717) is 33.5 Å². The lowest BCUT2D eigenvalue weighted by Gasteiger charge is -2.03. The molecule has 0 aromatic carbocycles. The number of fused-ring (bicyclic) bond motifs is 1. The Labute approximate surface area is 107 Å². The van der Waals surface area contributed by atoms with Gasteiger partial charge < -0.3 is 15.0 Å². The SMILES string of the molecule is COCCCn1c(=N)sc2c(Cl)nc(N)nc21. The minimum Gasteiger partial charge on any atom is -0.385 e. The number of thiazole rings is 1. The Morgan fingerprint density at radius 1 is 1.53 bits per heavy atom. The number of methoxy groups -OCH3 is 1. The van der Waals surface area contributed by atoms with Gasteiger partial charge in [-0.1, -0.05) is 22.9 Å². The summed E-state index contributed by atoms with van der Waals surface area (Å²) in [5.41, 5.74) is 6.18. The third-order valence-electron chi connectivity index (χ3n) is 2.25.